The fourth-order valence-corrected chi connectivity index (χ4v) is 2.09. The van der Waals surface area contributed by atoms with Crippen molar-refractivity contribution in [1.29, 1.82) is 0 Å². The van der Waals surface area contributed by atoms with Gasteiger partial charge in [-0.3, -0.25) is 4.79 Å². The Morgan fingerprint density at radius 3 is 2.05 bits per heavy atom. The third kappa shape index (κ3) is 4.67. The molecule has 3 nitrogen and oxygen atoms in total. The SMILES string of the molecule is CCC(=O)N(CCN(CC)CC)c1ccc(C)cc1. The van der Waals surface area contributed by atoms with Crippen molar-refractivity contribution in [2.75, 3.05) is 31.1 Å². The molecule has 0 spiro atoms. The number of carbonyl (C=O) groups is 1. The molecule has 3 heteroatoms. The molecule has 1 aromatic carbocycles. The van der Waals surface area contributed by atoms with Gasteiger partial charge in [0.05, 0.1) is 0 Å². The van der Waals surface area contributed by atoms with E-state index >= 15 is 0 Å². The second kappa shape index (κ2) is 7.95. The van der Waals surface area contributed by atoms with Gasteiger partial charge in [-0.25, -0.2) is 0 Å². The summed E-state index contributed by atoms with van der Waals surface area (Å²) >= 11 is 0. The minimum atomic E-state index is 0.191. The highest BCUT2D eigenvalue weighted by Gasteiger charge is 2.14. The third-order valence-corrected chi connectivity index (χ3v) is 3.48. The second-order valence-corrected chi connectivity index (χ2v) is 4.76. The fraction of sp³-hybridized carbons (Fsp3) is 0.562. The van der Waals surface area contributed by atoms with E-state index < -0.39 is 0 Å². The first-order valence-electron chi connectivity index (χ1n) is 7.21. The van der Waals surface area contributed by atoms with Crippen LogP contribution in [-0.2, 0) is 4.79 Å². The Labute approximate surface area is 117 Å². The van der Waals surface area contributed by atoms with Gasteiger partial charge in [0.15, 0.2) is 0 Å². The molecule has 0 heterocycles. The highest BCUT2D eigenvalue weighted by Crippen LogP contribution is 2.16. The van der Waals surface area contributed by atoms with Crippen LogP contribution < -0.4 is 4.90 Å². The standard InChI is InChI=1S/C16H26N2O/c1-5-16(19)18(13-12-17(6-2)7-3)15-10-8-14(4)9-11-15/h8-11H,5-7,12-13H2,1-4H3. The number of anilines is 1. The lowest BCUT2D eigenvalue weighted by Crippen LogP contribution is -2.38. The lowest BCUT2D eigenvalue weighted by Gasteiger charge is -2.26. The van der Waals surface area contributed by atoms with Crippen LogP contribution in [-0.4, -0.2) is 37.0 Å². The lowest BCUT2D eigenvalue weighted by atomic mass is 10.2. The van der Waals surface area contributed by atoms with Crippen LogP contribution in [0.15, 0.2) is 24.3 Å². The molecule has 0 aromatic heterocycles. The first-order valence-corrected chi connectivity index (χ1v) is 7.21. The molecule has 1 rings (SSSR count). The average Bonchev–Trinajstić information content (AvgIpc) is 2.44. The van der Waals surface area contributed by atoms with Crippen molar-refractivity contribution in [2.45, 2.75) is 34.1 Å². The smallest absolute Gasteiger partial charge is 0.226 e. The zero-order chi connectivity index (χ0) is 14.3. The van der Waals surface area contributed by atoms with Crippen LogP contribution in [0.25, 0.3) is 0 Å². The molecule has 0 radical (unpaired) electrons. The molecule has 1 aromatic rings. The lowest BCUT2D eigenvalue weighted by molar-refractivity contribution is -0.118. The van der Waals surface area contributed by atoms with Gasteiger partial charge in [-0.2, -0.15) is 0 Å². The van der Waals surface area contributed by atoms with E-state index in [9.17, 15) is 4.79 Å². The monoisotopic (exact) mass is 262 g/mol. The molecule has 0 saturated carbocycles. The Morgan fingerprint density at radius 2 is 1.58 bits per heavy atom. The largest absolute Gasteiger partial charge is 0.311 e. The highest BCUT2D eigenvalue weighted by atomic mass is 16.2. The van der Waals surface area contributed by atoms with E-state index in [1.807, 2.05) is 24.0 Å². The number of rotatable bonds is 7. The van der Waals surface area contributed by atoms with Gasteiger partial charge in [0.1, 0.15) is 0 Å². The molecule has 0 N–H and O–H groups in total. The minimum absolute atomic E-state index is 0.191. The quantitative estimate of drug-likeness (QED) is 0.754. The summed E-state index contributed by atoms with van der Waals surface area (Å²) < 4.78 is 0. The van der Waals surface area contributed by atoms with E-state index in [4.69, 9.17) is 0 Å². The first-order chi connectivity index (χ1) is 9.12. The Bertz CT molecular complexity index is 382. The van der Waals surface area contributed by atoms with E-state index in [1.165, 1.54) is 5.56 Å². The number of carbonyl (C=O) groups excluding carboxylic acids is 1. The molecule has 0 aliphatic carbocycles. The summed E-state index contributed by atoms with van der Waals surface area (Å²) in [6.45, 7) is 12.0. The molecule has 0 fully saturated rings. The van der Waals surface area contributed by atoms with Crippen molar-refractivity contribution in [3.05, 3.63) is 29.8 Å². The molecule has 0 atom stereocenters. The van der Waals surface area contributed by atoms with E-state index in [-0.39, 0.29) is 5.91 Å². The van der Waals surface area contributed by atoms with Crippen molar-refractivity contribution in [3.63, 3.8) is 0 Å². The number of benzene rings is 1. The molecular formula is C16H26N2O. The zero-order valence-electron chi connectivity index (χ0n) is 12.6. The van der Waals surface area contributed by atoms with Crippen molar-refractivity contribution in [2.24, 2.45) is 0 Å². The molecule has 0 unspecified atom stereocenters. The van der Waals surface area contributed by atoms with Crippen molar-refractivity contribution in [1.82, 2.24) is 4.90 Å². The van der Waals surface area contributed by atoms with Crippen molar-refractivity contribution >= 4 is 11.6 Å². The Hall–Kier alpha value is -1.35. The number of nitrogens with zero attached hydrogens (tertiary/aromatic N) is 2. The molecule has 0 bridgehead atoms. The number of hydrogen-bond acceptors (Lipinski definition) is 2. The topological polar surface area (TPSA) is 23.6 Å². The van der Waals surface area contributed by atoms with Crippen LogP contribution in [0.3, 0.4) is 0 Å². The molecule has 0 saturated heterocycles. The normalized spacial score (nSPS) is 10.8. The Kier molecular flexibility index (Phi) is 6.57. The maximum Gasteiger partial charge on any atom is 0.226 e. The summed E-state index contributed by atoms with van der Waals surface area (Å²) in [6.07, 6.45) is 0.548. The van der Waals surface area contributed by atoms with Crippen molar-refractivity contribution < 1.29 is 4.79 Å². The van der Waals surface area contributed by atoms with Crippen LogP contribution in [0.2, 0.25) is 0 Å². The predicted molar refractivity (Wildman–Crippen MR) is 81.6 cm³/mol. The van der Waals surface area contributed by atoms with Crippen LogP contribution in [0.5, 0.6) is 0 Å². The first kappa shape index (κ1) is 15.7. The number of hydrogen-bond donors (Lipinski definition) is 0. The van der Waals surface area contributed by atoms with Crippen LogP contribution in [0.4, 0.5) is 5.69 Å². The zero-order valence-corrected chi connectivity index (χ0v) is 12.6. The summed E-state index contributed by atoms with van der Waals surface area (Å²) in [5.74, 6) is 0.191. The van der Waals surface area contributed by atoms with Gasteiger partial charge >= 0.3 is 0 Å². The highest BCUT2D eigenvalue weighted by molar-refractivity contribution is 5.93. The maximum atomic E-state index is 12.1. The summed E-state index contributed by atoms with van der Waals surface area (Å²) in [5.41, 5.74) is 2.22. The molecule has 106 valence electrons. The van der Waals surface area contributed by atoms with Gasteiger partial charge in [0.2, 0.25) is 5.91 Å². The van der Waals surface area contributed by atoms with Crippen LogP contribution >= 0.6 is 0 Å². The number of likely N-dealkylation sites (N-methyl/N-ethyl adjacent to an activating group) is 1. The summed E-state index contributed by atoms with van der Waals surface area (Å²) in [4.78, 5) is 16.3. The fourth-order valence-electron chi connectivity index (χ4n) is 2.09. The summed E-state index contributed by atoms with van der Waals surface area (Å²) in [5, 5.41) is 0. The summed E-state index contributed by atoms with van der Waals surface area (Å²) in [7, 11) is 0. The van der Waals surface area contributed by atoms with E-state index in [1.54, 1.807) is 0 Å². The molecule has 1 amide bonds. The molecule has 0 aliphatic rings. The van der Waals surface area contributed by atoms with Crippen LogP contribution in [0.1, 0.15) is 32.8 Å². The predicted octanol–water partition coefficient (Wildman–Crippen LogP) is 3.08. The van der Waals surface area contributed by atoms with E-state index in [2.05, 4.69) is 37.8 Å². The Morgan fingerprint density at radius 1 is 1.00 bits per heavy atom. The van der Waals surface area contributed by atoms with Gasteiger partial charge < -0.3 is 9.80 Å². The molecular weight excluding hydrogens is 236 g/mol. The van der Waals surface area contributed by atoms with Gasteiger partial charge in [0.25, 0.3) is 0 Å². The van der Waals surface area contributed by atoms with Gasteiger partial charge in [-0.05, 0) is 32.1 Å². The second-order valence-electron chi connectivity index (χ2n) is 4.76. The molecule has 19 heavy (non-hydrogen) atoms. The third-order valence-electron chi connectivity index (χ3n) is 3.48. The van der Waals surface area contributed by atoms with Crippen LogP contribution in [0, 0.1) is 6.92 Å². The van der Waals surface area contributed by atoms with Crippen molar-refractivity contribution in [3.8, 4) is 0 Å². The van der Waals surface area contributed by atoms with E-state index in [0.717, 1.165) is 31.9 Å². The van der Waals surface area contributed by atoms with Gasteiger partial charge in [-0.15, -0.1) is 0 Å². The van der Waals surface area contributed by atoms with Gasteiger partial charge in [0, 0.05) is 25.2 Å². The minimum Gasteiger partial charge on any atom is -0.311 e. The number of amides is 1. The number of aryl methyl sites for hydroxylation is 1. The average molecular weight is 262 g/mol. The maximum absolute atomic E-state index is 12.1. The molecule has 0 aliphatic heterocycles. The van der Waals surface area contributed by atoms with Gasteiger partial charge in [-0.1, -0.05) is 38.5 Å². The Balaban J connectivity index is 2.77. The summed E-state index contributed by atoms with van der Waals surface area (Å²) in [6, 6.07) is 8.18. The van der Waals surface area contributed by atoms with E-state index in [0.29, 0.717) is 6.42 Å².